The fourth-order valence-corrected chi connectivity index (χ4v) is 7.66. The maximum atomic E-state index is 14.8. The molecule has 8 heteroatoms. The van der Waals surface area contributed by atoms with E-state index < -0.39 is 47.1 Å². The van der Waals surface area contributed by atoms with Crippen LogP contribution in [0.2, 0.25) is 0 Å². The monoisotopic (exact) mass is 564 g/mol. The fraction of sp³-hybridized carbons (Fsp3) is 0.606. The molecular formula is C33H44N2O6. The number of esters is 1. The lowest BCUT2D eigenvalue weighted by molar-refractivity contribution is -0.157. The Morgan fingerprint density at radius 3 is 2.46 bits per heavy atom. The zero-order chi connectivity index (χ0) is 29.6. The van der Waals surface area contributed by atoms with Crippen molar-refractivity contribution in [2.45, 2.75) is 89.6 Å². The van der Waals surface area contributed by atoms with Gasteiger partial charge in [0, 0.05) is 12.1 Å². The van der Waals surface area contributed by atoms with Gasteiger partial charge in [-0.15, -0.1) is 0 Å². The number of likely N-dealkylation sites (tertiary alicyclic amines) is 1. The summed E-state index contributed by atoms with van der Waals surface area (Å²) in [5.41, 5.74) is -0.990. The lowest BCUT2D eigenvalue weighted by Gasteiger charge is -2.45. The van der Waals surface area contributed by atoms with Gasteiger partial charge < -0.3 is 24.4 Å². The van der Waals surface area contributed by atoms with Gasteiger partial charge in [0.05, 0.1) is 31.3 Å². The van der Waals surface area contributed by atoms with E-state index >= 15 is 0 Å². The first-order valence-electron chi connectivity index (χ1n) is 14.9. The van der Waals surface area contributed by atoms with Gasteiger partial charge in [-0.2, -0.15) is 0 Å². The van der Waals surface area contributed by atoms with E-state index in [2.05, 4.69) is 34.6 Å². The standard InChI is InChI=1S/C33H44N2O6/c1-31(2,3)21-32(4,5)34-17-12-16-33-26(25-24(41-33)15-10-7-11-18-40-30(25)39)28(37)35(27(33)29(34)38)23(20-36)19-22-13-8-6-9-14-22/h6,8-10,12-16,23-27,36H,7,11,17-21H2,1-5H3/b15-10-/t23-,24+,25-,26+,27?,33+/m1/s1. The number of allylic oxidation sites excluding steroid dienone is 1. The first kappa shape index (κ1) is 29.5. The largest absolute Gasteiger partial charge is 0.465 e. The Kier molecular flexibility index (Phi) is 7.94. The lowest BCUT2D eigenvalue weighted by Crippen LogP contribution is -2.62. The Morgan fingerprint density at radius 2 is 1.78 bits per heavy atom. The van der Waals surface area contributed by atoms with E-state index in [0.29, 0.717) is 19.4 Å². The maximum absolute atomic E-state index is 14.8. The topological polar surface area (TPSA) is 96.4 Å². The van der Waals surface area contributed by atoms with Crippen molar-refractivity contribution >= 4 is 17.8 Å². The first-order chi connectivity index (χ1) is 19.4. The van der Waals surface area contributed by atoms with Crippen LogP contribution in [0.15, 0.2) is 54.6 Å². The van der Waals surface area contributed by atoms with Gasteiger partial charge >= 0.3 is 5.97 Å². The molecule has 4 aliphatic heterocycles. The second-order valence-electron chi connectivity index (χ2n) is 13.8. The summed E-state index contributed by atoms with van der Waals surface area (Å²) in [6.07, 6.45) is 9.44. The van der Waals surface area contributed by atoms with Gasteiger partial charge in [0.1, 0.15) is 17.6 Å². The number of cyclic esters (lactones) is 1. The average molecular weight is 565 g/mol. The molecule has 1 unspecified atom stereocenters. The molecule has 8 nitrogen and oxygen atoms in total. The predicted octanol–water partition coefficient (Wildman–Crippen LogP) is 3.68. The molecule has 1 aromatic carbocycles. The summed E-state index contributed by atoms with van der Waals surface area (Å²) in [6, 6.07) is 7.92. The molecule has 0 saturated carbocycles. The van der Waals surface area contributed by atoms with Crippen LogP contribution in [0.1, 0.15) is 59.4 Å². The van der Waals surface area contributed by atoms with E-state index in [1.165, 1.54) is 4.90 Å². The molecule has 1 spiro atoms. The van der Waals surface area contributed by atoms with Crippen LogP contribution < -0.4 is 0 Å². The maximum Gasteiger partial charge on any atom is 0.312 e. The Bertz CT molecular complexity index is 1220. The quantitative estimate of drug-likeness (QED) is 0.418. The normalized spacial score (nSPS) is 31.8. The van der Waals surface area contributed by atoms with Crippen LogP contribution in [0.5, 0.6) is 0 Å². The van der Waals surface area contributed by atoms with Gasteiger partial charge in [-0.05, 0) is 50.5 Å². The molecule has 4 heterocycles. The molecule has 2 saturated heterocycles. The molecule has 5 rings (SSSR count). The van der Waals surface area contributed by atoms with Crippen LogP contribution in [0.25, 0.3) is 0 Å². The van der Waals surface area contributed by atoms with Crippen LogP contribution in [-0.2, 0) is 30.3 Å². The number of nitrogens with zero attached hydrogens (tertiary/aromatic N) is 2. The summed E-state index contributed by atoms with van der Waals surface area (Å²) in [6.45, 7) is 10.8. The summed E-state index contributed by atoms with van der Waals surface area (Å²) < 4.78 is 12.4. The summed E-state index contributed by atoms with van der Waals surface area (Å²) in [7, 11) is 0. The molecule has 6 atom stereocenters. The summed E-state index contributed by atoms with van der Waals surface area (Å²) in [4.78, 5) is 46.2. The number of aliphatic hydroxyl groups excluding tert-OH is 1. The van der Waals surface area contributed by atoms with Gasteiger partial charge in [-0.25, -0.2) is 0 Å². The first-order valence-corrected chi connectivity index (χ1v) is 14.9. The molecule has 2 fully saturated rings. The highest BCUT2D eigenvalue weighted by molar-refractivity contribution is 5.99. The second-order valence-corrected chi connectivity index (χ2v) is 13.8. The van der Waals surface area contributed by atoms with Crippen molar-refractivity contribution in [3.05, 3.63) is 60.2 Å². The molecule has 1 N–H and O–H groups in total. The van der Waals surface area contributed by atoms with Crippen LogP contribution in [0.4, 0.5) is 0 Å². The number of benzene rings is 1. The Morgan fingerprint density at radius 1 is 1.05 bits per heavy atom. The third kappa shape index (κ3) is 5.37. The Balaban J connectivity index is 1.63. The van der Waals surface area contributed by atoms with E-state index in [-0.39, 0.29) is 30.4 Å². The molecule has 41 heavy (non-hydrogen) atoms. The van der Waals surface area contributed by atoms with Gasteiger partial charge in [0.2, 0.25) is 11.8 Å². The number of rotatable bonds is 6. The molecule has 0 aromatic heterocycles. The van der Waals surface area contributed by atoms with E-state index in [0.717, 1.165) is 18.4 Å². The molecule has 2 amide bonds. The zero-order valence-corrected chi connectivity index (χ0v) is 24.9. The molecular weight excluding hydrogens is 520 g/mol. The molecule has 0 aliphatic carbocycles. The highest BCUT2D eigenvalue weighted by Gasteiger charge is 2.72. The number of hydrogen-bond donors (Lipinski definition) is 1. The van der Waals surface area contributed by atoms with E-state index in [1.54, 1.807) is 0 Å². The highest BCUT2D eigenvalue weighted by Crippen LogP contribution is 2.54. The molecule has 222 valence electrons. The highest BCUT2D eigenvalue weighted by atomic mass is 16.6. The fourth-order valence-electron chi connectivity index (χ4n) is 7.66. The van der Waals surface area contributed by atoms with Crippen LogP contribution in [0.3, 0.4) is 0 Å². The van der Waals surface area contributed by atoms with E-state index in [1.807, 2.05) is 59.5 Å². The molecule has 1 aromatic rings. The minimum absolute atomic E-state index is 0.0471. The number of hydrogen-bond acceptors (Lipinski definition) is 6. The van der Waals surface area contributed by atoms with Crippen molar-refractivity contribution in [1.82, 2.24) is 9.80 Å². The van der Waals surface area contributed by atoms with Crippen molar-refractivity contribution in [1.29, 1.82) is 0 Å². The van der Waals surface area contributed by atoms with Crippen LogP contribution in [0, 0.1) is 17.3 Å². The van der Waals surface area contributed by atoms with E-state index in [9.17, 15) is 19.5 Å². The van der Waals surface area contributed by atoms with Crippen molar-refractivity contribution in [2.75, 3.05) is 19.8 Å². The van der Waals surface area contributed by atoms with Gasteiger partial charge in [0.25, 0.3) is 0 Å². The summed E-state index contributed by atoms with van der Waals surface area (Å²) >= 11 is 0. The second kappa shape index (κ2) is 11.0. The minimum Gasteiger partial charge on any atom is -0.465 e. The third-order valence-corrected chi connectivity index (χ3v) is 8.90. The Hall–Kier alpha value is -2.97. The number of carbonyl (C=O) groups excluding carboxylic acids is 3. The summed E-state index contributed by atoms with van der Waals surface area (Å²) in [5.74, 6) is -2.88. The predicted molar refractivity (Wildman–Crippen MR) is 155 cm³/mol. The van der Waals surface area contributed by atoms with Crippen LogP contribution in [-0.4, -0.2) is 81.8 Å². The summed E-state index contributed by atoms with van der Waals surface area (Å²) in [5, 5.41) is 10.7. The average Bonchev–Trinajstić information content (AvgIpc) is 3.31. The SMILES string of the molecule is CC(C)(C)CC(C)(C)N1CC=C[C@]23O[C@H]4/C=C\CCCOC(=O)[C@H]4[C@H]2C(=O)N([C@@H](CO)Cc2ccccc2)C3C1=O. The number of fused-ring (bicyclic) bond motifs is 2. The van der Waals surface area contributed by atoms with Gasteiger partial charge in [0.15, 0.2) is 0 Å². The number of amides is 2. The zero-order valence-electron chi connectivity index (χ0n) is 24.9. The smallest absolute Gasteiger partial charge is 0.312 e. The van der Waals surface area contributed by atoms with Crippen molar-refractivity contribution < 1.29 is 29.0 Å². The van der Waals surface area contributed by atoms with Crippen molar-refractivity contribution in [3.63, 3.8) is 0 Å². The van der Waals surface area contributed by atoms with Gasteiger partial charge in [-0.3, -0.25) is 14.4 Å². The molecule has 0 radical (unpaired) electrons. The van der Waals surface area contributed by atoms with E-state index in [4.69, 9.17) is 9.47 Å². The number of aliphatic hydroxyl groups is 1. The van der Waals surface area contributed by atoms with Crippen LogP contribution >= 0.6 is 0 Å². The molecule has 4 aliphatic rings. The third-order valence-electron chi connectivity index (χ3n) is 8.90. The number of ether oxygens (including phenoxy) is 2. The van der Waals surface area contributed by atoms with Gasteiger partial charge in [-0.1, -0.05) is 75.4 Å². The Labute approximate surface area is 243 Å². The van der Waals surface area contributed by atoms with Crippen molar-refractivity contribution in [3.8, 4) is 0 Å². The number of carbonyl (C=O) groups is 3. The van der Waals surface area contributed by atoms with Crippen molar-refractivity contribution in [2.24, 2.45) is 17.3 Å². The minimum atomic E-state index is -1.36. The lowest BCUT2D eigenvalue weighted by atomic mass is 9.77. The molecule has 0 bridgehead atoms.